The molecule has 1 fully saturated rings. The van der Waals surface area contributed by atoms with Gasteiger partial charge in [0.1, 0.15) is 23.0 Å². The summed E-state index contributed by atoms with van der Waals surface area (Å²) in [4.78, 5) is 24.9. The van der Waals surface area contributed by atoms with Crippen molar-refractivity contribution in [1.82, 2.24) is 5.32 Å². The fourth-order valence-electron chi connectivity index (χ4n) is 4.58. The van der Waals surface area contributed by atoms with Crippen LogP contribution < -0.4 is 10.0 Å². The van der Waals surface area contributed by atoms with E-state index in [2.05, 4.69) is 30.7 Å². The standard InChI is InChI=1S/C28H23BrF2N2O6S/c1-32-27(34)24-20-12-19(14-3-4-14)16(9-23(20)39-26(24)15-5-7-17(30)8-6-15)13-40(36,37)33-18-10-21(28(35)38-2)25(29)22(31)11-18/h5-12,14,33H,3-4,13H2,1-2H3,(H,32,34). The van der Waals surface area contributed by atoms with Crippen LogP contribution in [0.4, 0.5) is 14.5 Å². The van der Waals surface area contributed by atoms with Crippen molar-refractivity contribution in [2.45, 2.75) is 24.5 Å². The minimum absolute atomic E-state index is 0.104. The van der Waals surface area contributed by atoms with Gasteiger partial charge in [-0.05, 0) is 94.3 Å². The molecule has 8 nitrogen and oxygen atoms in total. The number of carbonyl (C=O) groups excluding carboxylic acids is 2. The number of esters is 1. The van der Waals surface area contributed by atoms with Gasteiger partial charge in [-0.15, -0.1) is 0 Å². The number of amides is 1. The third-order valence-electron chi connectivity index (χ3n) is 6.58. The van der Waals surface area contributed by atoms with Crippen LogP contribution in [0.1, 0.15) is 50.6 Å². The zero-order valence-corrected chi connectivity index (χ0v) is 23.7. The van der Waals surface area contributed by atoms with Gasteiger partial charge in [-0.1, -0.05) is 0 Å². The Kier molecular flexibility index (Phi) is 7.40. The van der Waals surface area contributed by atoms with Gasteiger partial charge in [0.2, 0.25) is 10.0 Å². The highest BCUT2D eigenvalue weighted by molar-refractivity contribution is 9.10. The summed E-state index contributed by atoms with van der Waals surface area (Å²) in [7, 11) is -1.47. The van der Waals surface area contributed by atoms with Crippen LogP contribution in [0.3, 0.4) is 0 Å². The molecular weight excluding hydrogens is 610 g/mol. The highest BCUT2D eigenvalue weighted by atomic mass is 79.9. The first-order valence-electron chi connectivity index (χ1n) is 12.2. The van der Waals surface area contributed by atoms with Gasteiger partial charge in [-0.25, -0.2) is 22.0 Å². The van der Waals surface area contributed by atoms with Crippen LogP contribution in [0.15, 0.2) is 57.4 Å². The molecule has 4 aromatic rings. The molecule has 1 aliphatic rings. The molecule has 1 heterocycles. The highest BCUT2D eigenvalue weighted by Crippen LogP contribution is 2.45. The molecule has 0 spiro atoms. The summed E-state index contributed by atoms with van der Waals surface area (Å²) in [6.07, 6.45) is 1.70. The predicted molar refractivity (Wildman–Crippen MR) is 149 cm³/mol. The van der Waals surface area contributed by atoms with Crippen molar-refractivity contribution < 1.29 is 35.9 Å². The lowest BCUT2D eigenvalue weighted by molar-refractivity contribution is 0.0599. The highest BCUT2D eigenvalue weighted by Gasteiger charge is 2.31. The minimum atomic E-state index is -4.09. The number of ether oxygens (including phenoxy) is 1. The Balaban J connectivity index is 1.56. The molecule has 208 valence electrons. The molecule has 0 radical (unpaired) electrons. The number of hydrogen-bond donors (Lipinski definition) is 2. The van der Waals surface area contributed by atoms with Gasteiger partial charge >= 0.3 is 5.97 Å². The summed E-state index contributed by atoms with van der Waals surface area (Å²) in [6.45, 7) is 0. The third kappa shape index (κ3) is 5.46. The molecule has 1 aliphatic carbocycles. The molecule has 0 atom stereocenters. The van der Waals surface area contributed by atoms with Gasteiger partial charge in [0.25, 0.3) is 5.91 Å². The molecule has 40 heavy (non-hydrogen) atoms. The van der Waals surface area contributed by atoms with E-state index < -0.39 is 39.3 Å². The van der Waals surface area contributed by atoms with Crippen molar-refractivity contribution >= 4 is 54.5 Å². The summed E-state index contributed by atoms with van der Waals surface area (Å²) in [5, 5.41) is 3.11. The Hall–Kier alpha value is -3.77. The molecule has 1 amide bonds. The van der Waals surface area contributed by atoms with Crippen LogP contribution in [0.5, 0.6) is 0 Å². The van der Waals surface area contributed by atoms with Crippen LogP contribution in [-0.2, 0) is 20.5 Å². The van der Waals surface area contributed by atoms with Gasteiger partial charge in [0, 0.05) is 18.0 Å². The van der Waals surface area contributed by atoms with E-state index in [-0.39, 0.29) is 38.5 Å². The number of anilines is 1. The smallest absolute Gasteiger partial charge is 0.339 e. The SMILES string of the molecule is CNC(=O)c1c(-c2ccc(F)cc2)oc2cc(CS(=O)(=O)Nc3cc(F)c(Br)c(C(=O)OC)c3)c(C3CC3)cc12. The number of fused-ring (bicyclic) bond motifs is 1. The molecule has 5 rings (SSSR count). The normalized spacial score (nSPS) is 13.3. The molecule has 1 aromatic heterocycles. The van der Waals surface area contributed by atoms with Crippen LogP contribution in [0.2, 0.25) is 0 Å². The van der Waals surface area contributed by atoms with Gasteiger partial charge in [-0.3, -0.25) is 9.52 Å². The van der Waals surface area contributed by atoms with Crippen LogP contribution in [-0.4, -0.2) is 34.5 Å². The lowest BCUT2D eigenvalue weighted by Crippen LogP contribution is -2.18. The number of nitrogens with one attached hydrogen (secondary N) is 2. The number of methoxy groups -OCH3 is 1. The molecule has 12 heteroatoms. The first-order chi connectivity index (χ1) is 19.0. The Morgan fingerprint density at radius 1 is 1.10 bits per heavy atom. The molecular formula is C28H23BrF2N2O6S. The lowest BCUT2D eigenvalue weighted by Gasteiger charge is -2.13. The fraction of sp³-hybridized carbons (Fsp3) is 0.214. The van der Waals surface area contributed by atoms with E-state index in [1.54, 1.807) is 12.1 Å². The predicted octanol–water partition coefficient (Wildman–Crippen LogP) is 6.11. The van der Waals surface area contributed by atoms with Crippen LogP contribution in [0.25, 0.3) is 22.3 Å². The summed E-state index contributed by atoms with van der Waals surface area (Å²) >= 11 is 2.98. The topological polar surface area (TPSA) is 115 Å². The fourth-order valence-corrected chi connectivity index (χ4v) is 6.18. The molecule has 0 unspecified atom stereocenters. The maximum Gasteiger partial charge on any atom is 0.339 e. The minimum Gasteiger partial charge on any atom is -0.465 e. The van der Waals surface area contributed by atoms with E-state index in [1.165, 1.54) is 37.4 Å². The first-order valence-corrected chi connectivity index (χ1v) is 14.6. The van der Waals surface area contributed by atoms with E-state index >= 15 is 0 Å². The second-order valence-corrected chi connectivity index (χ2v) is 11.9. The number of hydrogen-bond acceptors (Lipinski definition) is 6. The number of sulfonamides is 1. The maximum atomic E-state index is 14.4. The summed E-state index contributed by atoms with van der Waals surface area (Å²) < 4.78 is 67.3. The van der Waals surface area contributed by atoms with Crippen molar-refractivity contribution in [3.63, 3.8) is 0 Å². The molecule has 3 aromatic carbocycles. The van der Waals surface area contributed by atoms with Gasteiger partial charge in [0.15, 0.2) is 0 Å². The average Bonchev–Trinajstić information content (AvgIpc) is 3.69. The van der Waals surface area contributed by atoms with E-state index in [1.807, 2.05) is 0 Å². The first kappa shape index (κ1) is 27.8. The zero-order valence-electron chi connectivity index (χ0n) is 21.3. The molecule has 0 saturated heterocycles. The second-order valence-electron chi connectivity index (χ2n) is 9.39. The van der Waals surface area contributed by atoms with Crippen molar-refractivity contribution in [3.8, 4) is 11.3 Å². The van der Waals surface area contributed by atoms with Crippen molar-refractivity contribution in [3.05, 3.63) is 86.9 Å². The Labute approximate surface area is 236 Å². The van der Waals surface area contributed by atoms with Crippen molar-refractivity contribution in [2.24, 2.45) is 0 Å². The largest absolute Gasteiger partial charge is 0.465 e. The lowest BCUT2D eigenvalue weighted by atomic mass is 9.98. The average molecular weight is 633 g/mol. The summed E-state index contributed by atoms with van der Waals surface area (Å²) in [5.41, 5.74) is 1.93. The van der Waals surface area contributed by atoms with E-state index in [0.717, 1.165) is 31.6 Å². The number of halogens is 3. The Bertz CT molecular complexity index is 1770. The number of rotatable bonds is 8. The third-order valence-corrected chi connectivity index (χ3v) is 8.62. The second kappa shape index (κ2) is 10.7. The molecule has 2 N–H and O–H groups in total. The van der Waals surface area contributed by atoms with Crippen LogP contribution >= 0.6 is 15.9 Å². The van der Waals surface area contributed by atoms with E-state index in [9.17, 15) is 26.8 Å². The van der Waals surface area contributed by atoms with E-state index in [0.29, 0.717) is 16.5 Å². The molecule has 0 bridgehead atoms. The van der Waals surface area contributed by atoms with Gasteiger partial charge in [0.05, 0.1) is 34.1 Å². The van der Waals surface area contributed by atoms with E-state index in [4.69, 9.17) is 4.42 Å². The monoisotopic (exact) mass is 632 g/mol. The Morgan fingerprint density at radius 2 is 1.80 bits per heavy atom. The van der Waals surface area contributed by atoms with Crippen molar-refractivity contribution in [2.75, 3.05) is 18.9 Å². The molecule has 0 aliphatic heterocycles. The number of benzene rings is 3. The zero-order chi connectivity index (χ0) is 28.8. The van der Waals surface area contributed by atoms with Crippen molar-refractivity contribution in [1.29, 1.82) is 0 Å². The van der Waals surface area contributed by atoms with Gasteiger partial charge in [-0.2, -0.15) is 0 Å². The van der Waals surface area contributed by atoms with Crippen LogP contribution in [0, 0.1) is 11.6 Å². The summed E-state index contributed by atoms with van der Waals surface area (Å²) in [5.74, 6) is -2.66. The Morgan fingerprint density at radius 3 is 2.42 bits per heavy atom. The number of carbonyl (C=O) groups is 2. The summed E-state index contributed by atoms with van der Waals surface area (Å²) in [6, 6.07) is 11.0. The number of furan rings is 1. The molecule has 1 saturated carbocycles. The maximum absolute atomic E-state index is 14.4. The van der Waals surface area contributed by atoms with Gasteiger partial charge < -0.3 is 14.5 Å². The quantitative estimate of drug-likeness (QED) is 0.227.